The molecule has 124 valence electrons. The smallest absolute Gasteiger partial charge is 0.322 e. The Kier molecular flexibility index (Phi) is 4.43. The van der Waals surface area contributed by atoms with Crippen LogP contribution in [0.3, 0.4) is 0 Å². The number of nitrogens with one attached hydrogen (secondary N) is 2. The number of piperazine rings is 1. The van der Waals surface area contributed by atoms with Crippen molar-refractivity contribution in [2.45, 2.75) is 6.04 Å². The number of aromatic amines is 1. The average molecular weight is 327 g/mol. The molecular weight excluding hydrogens is 310 g/mol. The van der Waals surface area contributed by atoms with Gasteiger partial charge >= 0.3 is 5.97 Å². The number of carboxylic acids is 1. The van der Waals surface area contributed by atoms with Crippen molar-refractivity contribution in [1.29, 1.82) is 0 Å². The normalized spacial score (nSPS) is 17.5. The van der Waals surface area contributed by atoms with E-state index in [1.165, 1.54) is 11.0 Å². The third-order valence-corrected chi connectivity index (χ3v) is 3.99. The van der Waals surface area contributed by atoms with Crippen LogP contribution in [-0.4, -0.2) is 52.5 Å². The van der Waals surface area contributed by atoms with Crippen molar-refractivity contribution < 1.29 is 14.7 Å². The van der Waals surface area contributed by atoms with Gasteiger partial charge in [-0.2, -0.15) is 0 Å². The Balaban J connectivity index is 1.83. The summed E-state index contributed by atoms with van der Waals surface area (Å²) in [5.74, 6) is -1.47. The monoisotopic (exact) mass is 327 g/mol. The van der Waals surface area contributed by atoms with Crippen LogP contribution in [0.4, 0.5) is 0 Å². The number of carbonyl (C=O) groups is 2. The van der Waals surface area contributed by atoms with Crippen molar-refractivity contribution in [2.24, 2.45) is 0 Å². The maximum atomic E-state index is 12.5. The van der Waals surface area contributed by atoms with Crippen LogP contribution in [0.25, 0.3) is 11.3 Å². The molecule has 0 aliphatic carbocycles. The second-order valence-corrected chi connectivity index (χ2v) is 5.58. The highest BCUT2D eigenvalue weighted by molar-refractivity contribution is 5.94. The fraction of sp³-hybridized carbons (Fsp3) is 0.235. The van der Waals surface area contributed by atoms with Crippen LogP contribution in [-0.2, 0) is 4.79 Å². The summed E-state index contributed by atoms with van der Waals surface area (Å²) in [5, 5.41) is 11.9. The molecule has 2 heterocycles. The van der Waals surface area contributed by atoms with Crippen LogP contribution >= 0.6 is 0 Å². The Hall–Kier alpha value is -2.93. The molecule has 1 aromatic heterocycles. The molecule has 0 radical (unpaired) electrons. The Morgan fingerprint density at radius 2 is 1.88 bits per heavy atom. The number of hydrogen-bond donors (Lipinski definition) is 3. The highest BCUT2D eigenvalue weighted by Gasteiger charge is 2.29. The third kappa shape index (κ3) is 3.21. The largest absolute Gasteiger partial charge is 0.480 e. The van der Waals surface area contributed by atoms with Crippen LogP contribution in [0.2, 0.25) is 0 Å². The fourth-order valence-electron chi connectivity index (χ4n) is 2.70. The summed E-state index contributed by atoms with van der Waals surface area (Å²) >= 11 is 0. The van der Waals surface area contributed by atoms with Crippen molar-refractivity contribution in [3.63, 3.8) is 0 Å². The van der Waals surface area contributed by atoms with E-state index in [9.17, 15) is 14.4 Å². The molecular formula is C17H17N3O4. The summed E-state index contributed by atoms with van der Waals surface area (Å²) in [7, 11) is 0. The second-order valence-electron chi connectivity index (χ2n) is 5.58. The minimum absolute atomic E-state index is 0.0146. The quantitative estimate of drug-likeness (QED) is 0.764. The first kappa shape index (κ1) is 15.9. The van der Waals surface area contributed by atoms with Crippen molar-refractivity contribution in [3.8, 4) is 11.3 Å². The molecule has 24 heavy (non-hydrogen) atoms. The number of rotatable bonds is 3. The van der Waals surface area contributed by atoms with Crippen LogP contribution in [0.5, 0.6) is 0 Å². The maximum absolute atomic E-state index is 12.5. The van der Waals surface area contributed by atoms with Crippen molar-refractivity contribution in [3.05, 3.63) is 58.4 Å². The molecule has 7 nitrogen and oxygen atoms in total. The van der Waals surface area contributed by atoms with Gasteiger partial charge < -0.3 is 20.3 Å². The summed E-state index contributed by atoms with van der Waals surface area (Å²) in [4.78, 5) is 40.0. The molecule has 0 unspecified atom stereocenters. The lowest BCUT2D eigenvalue weighted by Crippen LogP contribution is -2.56. The average Bonchev–Trinajstić information content (AvgIpc) is 2.62. The first-order chi connectivity index (χ1) is 11.6. The van der Waals surface area contributed by atoms with Gasteiger partial charge in [-0.15, -0.1) is 0 Å². The molecule has 1 atom stereocenters. The van der Waals surface area contributed by atoms with E-state index >= 15 is 0 Å². The molecule has 7 heteroatoms. The number of benzene rings is 1. The minimum Gasteiger partial charge on any atom is -0.480 e. The van der Waals surface area contributed by atoms with Gasteiger partial charge in [0.25, 0.3) is 11.5 Å². The molecule has 0 saturated carbocycles. The Morgan fingerprint density at radius 3 is 2.54 bits per heavy atom. The number of carbonyl (C=O) groups excluding carboxylic acids is 1. The number of carboxylic acid groups (broad SMARTS) is 1. The molecule has 0 spiro atoms. The lowest BCUT2D eigenvalue weighted by molar-refractivity contribution is -0.140. The predicted molar refractivity (Wildman–Crippen MR) is 87.8 cm³/mol. The molecule has 3 N–H and O–H groups in total. The topological polar surface area (TPSA) is 102 Å². The van der Waals surface area contributed by atoms with Crippen molar-refractivity contribution >= 4 is 11.9 Å². The highest BCUT2D eigenvalue weighted by Crippen LogP contribution is 2.15. The van der Waals surface area contributed by atoms with Gasteiger partial charge in [-0.25, -0.2) is 0 Å². The van der Waals surface area contributed by atoms with E-state index < -0.39 is 23.5 Å². The third-order valence-electron chi connectivity index (χ3n) is 3.99. The highest BCUT2D eigenvalue weighted by atomic mass is 16.4. The first-order valence-electron chi connectivity index (χ1n) is 7.60. The Bertz CT molecular complexity index is 816. The van der Waals surface area contributed by atoms with E-state index in [2.05, 4.69) is 10.3 Å². The Morgan fingerprint density at radius 1 is 1.12 bits per heavy atom. The van der Waals surface area contributed by atoms with Gasteiger partial charge in [-0.05, 0) is 17.7 Å². The number of amides is 1. The SMILES string of the molecule is O=C(O)[C@H]1CN(C(=O)c2ccc(-c3ccccc3)[nH]c2=O)CCN1. The lowest BCUT2D eigenvalue weighted by atomic mass is 10.1. The number of H-pyrrole nitrogens is 1. The van der Waals surface area contributed by atoms with Gasteiger partial charge in [-0.3, -0.25) is 14.4 Å². The lowest BCUT2D eigenvalue weighted by Gasteiger charge is -2.31. The first-order valence-corrected chi connectivity index (χ1v) is 7.60. The number of pyridine rings is 1. The molecule has 1 fully saturated rings. The van der Waals surface area contributed by atoms with E-state index in [1.54, 1.807) is 6.07 Å². The summed E-state index contributed by atoms with van der Waals surface area (Å²) in [6, 6.07) is 11.7. The van der Waals surface area contributed by atoms with Crippen LogP contribution in [0.1, 0.15) is 10.4 Å². The van der Waals surface area contributed by atoms with Crippen LogP contribution in [0, 0.1) is 0 Å². The molecule has 1 aliphatic heterocycles. The number of hydrogen-bond acceptors (Lipinski definition) is 4. The standard InChI is InChI=1S/C17H17N3O4/c21-15-12(6-7-13(19-15)11-4-2-1-3-5-11)16(22)20-9-8-18-14(10-20)17(23)24/h1-7,14,18H,8-10H2,(H,19,21)(H,23,24)/t14-/m1/s1. The van der Waals surface area contributed by atoms with Gasteiger partial charge in [-0.1, -0.05) is 30.3 Å². The molecule has 1 aliphatic rings. The molecule has 1 amide bonds. The maximum Gasteiger partial charge on any atom is 0.322 e. The van der Waals surface area contributed by atoms with Gasteiger partial charge in [0, 0.05) is 25.3 Å². The zero-order valence-electron chi connectivity index (χ0n) is 12.9. The van der Waals surface area contributed by atoms with E-state index in [1.807, 2.05) is 30.3 Å². The van der Waals surface area contributed by atoms with Gasteiger partial charge in [0.2, 0.25) is 0 Å². The molecule has 1 saturated heterocycles. The van der Waals surface area contributed by atoms with Gasteiger partial charge in [0.1, 0.15) is 11.6 Å². The zero-order chi connectivity index (χ0) is 17.1. The summed E-state index contributed by atoms with van der Waals surface area (Å²) in [5.41, 5.74) is 1.01. The van der Waals surface area contributed by atoms with E-state index in [0.29, 0.717) is 18.8 Å². The van der Waals surface area contributed by atoms with Crippen molar-refractivity contribution in [2.75, 3.05) is 19.6 Å². The second kappa shape index (κ2) is 6.67. The van der Waals surface area contributed by atoms with Crippen LogP contribution in [0.15, 0.2) is 47.3 Å². The van der Waals surface area contributed by atoms with E-state index in [-0.39, 0.29) is 12.1 Å². The number of aromatic nitrogens is 1. The Labute approximate surface area is 137 Å². The molecule has 0 bridgehead atoms. The van der Waals surface area contributed by atoms with Gasteiger partial charge in [0.05, 0.1) is 0 Å². The van der Waals surface area contributed by atoms with E-state index in [0.717, 1.165) is 5.56 Å². The fourth-order valence-corrected chi connectivity index (χ4v) is 2.70. The minimum atomic E-state index is -1.01. The summed E-state index contributed by atoms with van der Waals surface area (Å²) in [6.45, 7) is 0.777. The van der Waals surface area contributed by atoms with Crippen molar-refractivity contribution in [1.82, 2.24) is 15.2 Å². The van der Waals surface area contributed by atoms with Crippen LogP contribution < -0.4 is 10.9 Å². The molecule has 3 rings (SSSR count). The number of nitrogens with zero attached hydrogens (tertiary/aromatic N) is 1. The van der Waals surface area contributed by atoms with E-state index in [4.69, 9.17) is 5.11 Å². The number of aliphatic carboxylic acids is 1. The molecule has 1 aromatic carbocycles. The molecule has 2 aromatic rings. The zero-order valence-corrected chi connectivity index (χ0v) is 12.9. The summed E-state index contributed by atoms with van der Waals surface area (Å²) < 4.78 is 0. The predicted octanol–water partition coefficient (Wildman–Crippen LogP) is 0.540. The summed E-state index contributed by atoms with van der Waals surface area (Å²) in [6.07, 6.45) is 0. The van der Waals surface area contributed by atoms with Gasteiger partial charge in [0.15, 0.2) is 0 Å².